The number of carbonyl (C=O) groups is 1. The maximum absolute atomic E-state index is 12.2. The second-order valence-corrected chi connectivity index (χ2v) is 6.42. The molecule has 3 rings (SSSR count). The number of rotatable bonds is 5. The van der Waals surface area contributed by atoms with Crippen LogP contribution in [0.2, 0.25) is 0 Å². The Morgan fingerprint density at radius 2 is 2.32 bits per heavy atom. The summed E-state index contributed by atoms with van der Waals surface area (Å²) in [6.45, 7) is 1.45. The van der Waals surface area contributed by atoms with Gasteiger partial charge in [-0.05, 0) is 25.0 Å². The fourth-order valence-corrected chi connectivity index (χ4v) is 3.45. The number of amides is 1. The number of aromatic nitrogens is 3. The molecule has 0 atom stereocenters. The molecule has 0 fully saturated rings. The van der Waals surface area contributed by atoms with Crippen molar-refractivity contribution >= 4 is 17.7 Å². The Kier molecular flexibility index (Phi) is 4.82. The maximum atomic E-state index is 12.2. The van der Waals surface area contributed by atoms with E-state index in [1.807, 2.05) is 12.1 Å². The lowest BCUT2D eigenvalue weighted by molar-refractivity contribution is -0.127. The minimum Gasteiger partial charge on any atom is -0.467 e. The van der Waals surface area contributed by atoms with Crippen LogP contribution in [-0.4, -0.2) is 38.4 Å². The number of carbonyl (C=O) groups excluding carboxylic acids is 1. The van der Waals surface area contributed by atoms with Crippen molar-refractivity contribution < 1.29 is 9.21 Å². The first-order chi connectivity index (χ1) is 10.7. The van der Waals surface area contributed by atoms with Crippen molar-refractivity contribution in [3.63, 3.8) is 0 Å². The third-order valence-electron chi connectivity index (χ3n) is 3.80. The Labute approximate surface area is 133 Å². The van der Waals surface area contributed by atoms with E-state index in [9.17, 15) is 4.79 Å². The summed E-state index contributed by atoms with van der Waals surface area (Å²) < 4.78 is 7.43. The lowest BCUT2D eigenvalue weighted by Crippen LogP contribution is -2.27. The van der Waals surface area contributed by atoms with Gasteiger partial charge in [-0.25, -0.2) is 0 Å². The Balaban J connectivity index is 1.56. The lowest BCUT2D eigenvalue weighted by Gasteiger charge is -2.15. The molecule has 0 N–H and O–H groups in total. The van der Waals surface area contributed by atoms with Crippen LogP contribution in [0.25, 0.3) is 0 Å². The van der Waals surface area contributed by atoms with Crippen LogP contribution in [0.1, 0.15) is 30.8 Å². The van der Waals surface area contributed by atoms with Gasteiger partial charge < -0.3 is 13.9 Å². The number of nitrogens with zero attached hydrogens (tertiary/aromatic N) is 4. The van der Waals surface area contributed by atoms with Crippen molar-refractivity contribution in [1.82, 2.24) is 19.7 Å². The molecule has 1 amide bonds. The van der Waals surface area contributed by atoms with Crippen molar-refractivity contribution in [2.45, 2.75) is 43.9 Å². The van der Waals surface area contributed by atoms with Gasteiger partial charge in [-0.1, -0.05) is 18.2 Å². The maximum Gasteiger partial charge on any atom is 0.233 e. The highest BCUT2D eigenvalue weighted by molar-refractivity contribution is 7.99. The molecule has 0 saturated heterocycles. The standard InChI is InChI=1S/C15H20N4O2S/c1-18(10-12-6-5-9-21-12)14(20)11-22-15-17-16-13-7-3-2-4-8-19(13)15/h5-6,9H,2-4,7-8,10-11H2,1H3. The van der Waals surface area contributed by atoms with E-state index in [1.165, 1.54) is 24.6 Å². The van der Waals surface area contributed by atoms with E-state index in [4.69, 9.17) is 4.42 Å². The van der Waals surface area contributed by atoms with Gasteiger partial charge >= 0.3 is 0 Å². The van der Waals surface area contributed by atoms with Crippen molar-refractivity contribution in [3.8, 4) is 0 Å². The number of thioether (sulfide) groups is 1. The van der Waals surface area contributed by atoms with Gasteiger partial charge in [-0.15, -0.1) is 10.2 Å². The molecule has 0 radical (unpaired) electrons. The highest BCUT2D eigenvalue weighted by atomic mass is 32.2. The molecule has 22 heavy (non-hydrogen) atoms. The minimum absolute atomic E-state index is 0.0624. The molecule has 6 nitrogen and oxygen atoms in total. The molecule has 0 spiro atoms. The summed E-state index contributed by atoms with van der Waals surface area (Å²) in [6, 6.07) is 3.70. The summed E-state index contributed by atoms with van der Waals surface area (Å²) in [4.78, 5) is 13.9. The fraction of sp³-hybridized carbons (Fsp3) is 0.533. The molecule has 0 saturated carbocycles. The number of fused-ring (bicyclic) bond motifs is 1. The average molecular weight is 320 g/mol. The summed E-state index contributed by atoms with van der Waals surface area (Å²) in [5.41, 5.74) is 0. The van der Waals surface area contributed by atoms with Crippen LogP contribution in [0.4, 0.5) is 0 Å². The van der Waals surface area contributed by atoms with Gasteiger partial charge in [-0.3, -0.25) is 4.79 Å². The smallest absolute Gasteiger partial charge is 0.233 e. The molecule has 7 heteroatoms. The van der Waals surface area contributed by atoms with Crippen LogP contribution in [0, 0.1) is 0 Å². The van der Waals surface area contributed by atoms with Crippen LogP contribution < -0.4 is 0 Å². The van der Waals surface area contributed by atoms with Gasteiger partial charge in [0.1, 0.15) is 11.6 Å². The van der Waals surface area contributed by atoms with Crippen molar-refractivity contribution in [3.05, 3.63) is 30.0 Å². The molecule has 2 aromatic rings. The highest BCUT2D eigenvalue weighted by Gasteiger charge is 2.17. The normalized spacial score (nSPS) is 14.4. The molecule has 1 aliphatic rings. The van der Waals surface area contributed by atoms with Crippen molar-refractivity contribution in [1.29, 1.82) is 0 Å². The number of hydrogen-bond acceptors (Lipinski definition) is 5. The summed E-state index contributed by atoms with van der Waals surface area (Å²) in [6.07, 6.45) is 6.17. The second kappa shape index (κ2) is 7.00. The Morgan fingerprint density at radius 1 is 1.41 bits per heavy atom. The quantitative estimate of drug-likeness (QED) is 0.791. The average Bonchev–Trinajstić information content (AvgIpc) is 3.09. The zero-order chi connectivity index (χ0) is 15.4. The third kappa shape index (κ3) is 3.52. The predicted octanol–water partition coefficient (Wildman–Crippen LogP) is 2.35. The van der Waals surface area contributed by atoms with E-state index in [2.05, 4.69) is 14.8 Å². The van der Waals surface area contributed by atoms with Gasteiger partial charge in [0.2, 0.25) is 5.91 Å². The monoisotopic (exact) mass is 320 g/mol. The first-order valence-corrected chi connectivity index (χ1v) is 8.54. The van der Waals surface area contributed by atoms with Crippen LogP contribution in [-0.2, 0) is 24.3 Å². The minimum atomic E-state index is 0.0624. The molecule has 1 aliphatic heterocycles. The summed E-state index contributed by atoms with van der Waals surface area (Å²) in [5, 5.41) is 9.34. The molecule has 0 aromatic carbocycles. The predicted molar refractivity (Wildman–Crippen MR) is 83.5 cm³/mol. The molecule has 3 heterocycles. The molecule has 2 aromatic heterocycles. The largest absolute Gasteiger partial charge is 0.467 e. The molecular weight excluding hydrogens is 300 g/mol. The molecule has 118 valence electrons. The van der Waals surface area contributed by atoms with Gasteiger partial charge in [0.15, 0.2) is 5.16 Å². The van der Waals surface area contributed by atoms with Crippen LogP contribution in [0.3, 0.4) is 0 Å². The van der Waals surface area contributed by atoms with E-state index < -0.39 is 0 Å². The first-order valence-electron chi connectivity index (χ1n) is 7.55. The van der Waals surface area contributed by atoms with Gasteiger partial charge in [-0.2, -0.15) is 0 Å². The molecule has 0 aliphatic carbocycles. The Bertz CT molecular complexity index is 624. The van der Waals surface area contributed by atoms with Crippen molar-refractivity contribution in [2.24, 2.45) is 0 Å². The van der Waals surface area contributed by atoms with E-state index in [0.29, 0.717) is 12.3 Å². The topological polar surface area (TPSA) is 64.2 Å². The number of furan rings is 1. The third-order valence-corrected chi connectivity index (χ3v) is 4.75. The summed E-state index contributed by atoms with van der Waals surface area (Å²) in [7, 11) is 1.79. The van der Waals surface area contributed by atoms with E-state index in [1.54, 1.807) is 18.2 Å². The SMILES string of the molecule is CN(Cc1ccco1)C(=O)CSc1nnc2n1CCCCC2. The summed E-state index contributed by atoms with van der Waals surface area (Å²) in [5.74, 6) is 2.27. The van der Waals surface area contributed by atoms with E-state index in [-0.39, 0.29) is 5.91 Å². The van der Waals surface area contributed by atoms with Gasteiger partial charge in [0.25, 0.3) is 0 Å². The van der Waals surface area contributed by atoms with E-state index >= 15 is 0 Å². The Morgan fingerprint density at radius 3 is 3.14 bits per heavy atom. The first kappa shape index (κ1) is 15.1. The lowest BCUT2D eigenvalue weighted by atomic mass is 10.2. The van der Waals surface area contributed by atoms with E-state index in [0.717, 1.165) is 36.1 Å². The number of hydrogen-bond donors (Lipinski definition) is 0. The molecule has 0 unspecified atom stereocenters. The van der Waals surface area contributed by atoms with Crippen LogP contribution in [0.5, 0.6) is 0 Å². The highest BCUT2D eigenvalue weighted by Crippen LogP contribution is 2.22. The van der Waals surface area contributed by atoms with Crippen LogP contribution in [0.15, 0.2) is 28.0 Å². The fourth-order valence-electron chi connectivity index (χ4n) is 2.53. The molecular formula is C15H20N4O2S. The zero-order valence-corrected chi connectivity index (χ0v) is 13.5. The molecule has 0 bridgehead atoms. The zero-order valence-electron chi connectivity index (χ0n) is 12.7. The van der Waals surface area contributed by atoms with Gasteiger partial charge in [0, 0.05) is 20.0 Å². The summed E-state index contributed by atoms with van der Waals surface area (Å²) >= 11 is 1.47. The van der Waals surface area contributed by atoms with Crippen molar-refractivity contribution in [2.75, 3.05) is 12.8 Å². The second-order valence-electron chi connectivity index (χ2n) is 5.48. The number of aryl methyl sites for hydroxylation is 1. The van der Waals surface area contributed by atoms with Gasteiger partial charge in [0.05, 0.1) is 18.6 Å². The van der Waals surface area contributed by atoms with Crippen LogP contribution >= 0.6 is 11.8 Å². The Hall–Kier alpha value is -1.76.